The molecule has 0 bridgehead atoms. The summed E-state index contributed by atoms with van der Waals surface area (Å²) >= 11 is 0. The van der Waals surface area contributed by atoms with Gasteiger partial charge < -0.3 is 21.1 Å². The van der Waals surface area contributed by atoms with Crippen LogP contribution in [0.3, 0.4) is 0 Å². The van der Waals surface area contributed by atoms with Crippen LogP contribution in [0.1, 0.15) is 53.0 Å². The van der Waals surface area contributed by atoms with Crippen molar-refractivity contribution >= 4 is 17.6 Å². The second kappa shape index (κ2) is 10.9. The van der Waals surface area contributed by atoms with E-state index < -0.39 is 29.6 Å². The molecule has 31 heavy (non-hydrogen) atoms. The number of carbonyl (C=O) groups excluding carboxylic acids is 3. The third-order valence-electron chi connectivity index (χ3n) is 5.42. The number of hydrogen-bond acceptors (Lipinski definition) is 5. The van der Waals surface area contributed by atoms with Crippen LogP contribution in [-0.4, -0.2) is 47.9 Å². The van der Waals surface area contributed by atoms with E-state index in [-0.39, 0.29) is 23.5 Å². The number of carbonyl (C=O) groups is 3. The molecule has 2 rings (SSSR count). The van der Waals surface area contributed by atoms with Crippen molar-refractivity contribution in [3.8, 4) is 0 Å². The molecular formula is C24H37N3O4. The van der Waals surface area contributed by atoms with Gasteiger partial charge in [-0.2, -0.15) is 0 Å². The lowest BCUT2D eigenvalue weighted by molar-refractivity contribution is -0.133. The quantitative estimate of drug-likeness (QED) is 0.438. The van der Waals surface area contributed by atoms with E-state index in [1.807, 2.05) is 58.0 Å². The molecule has 0 unspecified atom stereocenters. The Balaban J connectivity index is 2.16. The molecular weight excluding hydrogens is 394 g/mol. The van der Waals surface area contributed by atoms with Gasteiger partial charge in [0.2, 0.25) is 11.8 Å². The summed E-state index contributed by atoms with van der Waals surface area (Å²) in [5.41, 5.74) is 6.10. The Kier molecular flexibility index (Phi) is 8.77. The van der Waals surface area contributed by atoms with Crippen LogP contribution < -0.4 is 16.4 Å². The van der Waals surface area contributed by atoms with E-state index in [2.05, 4.69) is 10.6 Å². The molecule has 1 aliphatic heterocycles. The van der Waals surface area contributed by atoms with Gasteiger partial charge in [-0.05, 0) is 37.2 Å². The number of hydrogen-bond donors (Lipinski definition) is 3. The van der Waals surface area contributed by atoms with Crippen molar-refractivity contribution in [3.63, 3.8) is 0 Å². The maximum atomic E-state index is 13.2. The van der Waals surface area contributed by atoms with Gasteiger partial charge in [0.1, 0.15) is 11.6 Å². The predicted molar refractivity (Wildman–Crippen MR) is 120 cm³/mol. The van der Waals surface area contributed by atoms with Crippen LogP contribution in [0, 0.1) is 11.8 Å². The number of epoxide rings is 1. The Morgan fingerprint density at radius 2 is 1.52 bits per heavy atom. The van der Waals surface area contributed by atoms with Crippen molar-refractivity contribution in [2.24, 2.45) is 17.6 Å². The van der Waals surface area contributed by atoms with Gasteiger partial charge in [0.15, 0.2) is 5.78 Å². The second-order valence-electron chi connectivity index (χ2n) is 9.56. The molecule has 172 valence electrons. The highest BCUT2D eigenvalue weighted by Gasteiger charge is 2.50. The van der Waals surface area contributed by atoms with E-state index in [0.717, 1.165) is 5.56 Å². The molecule has 4 atom stereocenters. The van der Waals surface area contributed by atoms with Crippen molar-refractivity contribution in [2.75, 3.05) is 6.61 Å². The highest BCUT2D eigenvalue weighted by atomic mass is 16.6. The molecule has 1 saturated heterocycles. The number of ketones is 1. The SMILES string of the molecule is CC(C)C[C@H](NC(=O)[C@H](Cc1ccccc1)NC(=O)[C@@H](N)CC(C)C)C(=O)[C@@]1(C)CO1. The highest BCUT2D eigenvalue weighted by Crippen LogP contribution is 2.29. The van der Waals surface area contributed by atoms with Crippen LogP contribution in [0.4, 0.5) is 0 Å². The first-order chi connectivity index (χ1) is 14.5. The first-order valence-electron chi connectivity index (χ1n) is 11.1. The zero-order valence-corrected chi connectivity index (χ0v) is 19.3. The number of ether oxygens (including phenoxy) is 1. The van der Waals surface area contributed by atoms with E-state index in [1.54, 1.807) is 6.92 Å². The Morgan fingerprint density at radius 3 is 2.03 bits per heavy atom. The van der Waals surface area contributed by atoms with Crippen molar-refractivity contribution in [2.45, 2.75) is 77.6 Å². The lowest BCUT2D eigenvalue weighted by Gasteiger charge is -2.26. The smallest absolute Gasteiger partial charge is 0.243 e. The minimum atomic E-state index is -0.830. The number of rotatable bonds is 12. The Bertz CT molecular complexity index is 759. The summed E-state index contributed by atoms with van der Waals surface area (Å²) < 4.78 is 5.30. The molecule has 4 N–H and O–H groups in total. The van der Waals surface area contributed by atoms with Gasteiger partial charge in [0, 0.05) is 6.42 Å². The van der Waals surface area contributed by atoms with Gasteiger partial charge >= 0.3 is 0 Å². The maximum absolute atomic E-state index is 13.2. The normalized spacial score (nSPS) is 20.8. The molecule has 1 aromatic carbocycles. The summed E-state index contributed by atoms with van der Waals surface area (Å²) in [5, 5.41) is 5.68. The highest BCUT2D eigenvalue weighted by molar-refractivity contribution is 5.98. The van der Waals surface area contributed by atoms with Crippen LogP contribution >= 0.6 is 0 Å². The van der Waals surface area contributed by atoms with Crippen LogP contribution in [0.5, 0.6) is 0 Å². The second-order valence-corrected chi connectivity index (χ2v) is 9.56. The fourth-order valence-electron chi connectivity index (χ4n) is 3.55. The van der Waals surface area contributed by atoms with Crippen molar-refractivity contribution in [3.05, 3.63) is 35.9 Å². The molecule has 1 aromatic rings. The first-order valence-corrected chi connectivity index (χ1v) is 11.1. The minimum absolute atomic E-state index is 0.129. The summed E-state index contributed by atoms with van der Waals surface area (Å²) in [6, 6.07) is 7.26. The molecule has 1 heterocycles. The fourth-order valence-corrected chi connectivity index (χ4v) is 3.55. The lowest BCUT2D eigenvalue weighted by atomic mass is 9.93. The van der Waals surface area contributed by atoms with Gasteiger partial charge in [0.25, 0.3) is 0 Å². The molecule has 0 saturated carbocycles. The largest absolute Gasteiger partial charge is 0.361 e. The Labute approximate surface area is 185 Å². The van der Waals surface area contributed by atoms with E-state index in [0.29, 0.717) is 25.9 Å². The zero-order chi connectivity index (χ0) is 23.2. The van der Waals surface area contributed by atoms with Crippen molar-refractivity contribution in [1.29, 1.82) is 0 Å². The predicted octanol–water partition coefficient (Wildman–Crippen LogP) is 1.98. The number of amides is 2. The van der Waals surface area contributed by atoms with Gasteiger partial charge in [-0.15, -0.1) is 0 Å². The monoisotopic (exact) mass is 431 g/mol. The van der Waals surface area contributed by atoms with Crippen LogP contribution in [0.2, 0.25) is 0 Å². The summed E-state index contributed by atoms with van der Waals surface area (Å²) in [7, 11) is 0. The van der Waals surface area contributed by atoms with Crippen molar-refractivity contribution in [1.82, 2.24) is 10.6 Å². The lowest BCUT2D eigenvalue weighted by Crippen LogP contribution is -2.56. The number of Topliss-reactive ketones (excluding diaryl/α,β-unsaturated/α-hetero) is 1. The van der Waals surface area contributed by atoms with E-state index >= 15 is 0 Å². The van der Waals surface area contributed by atoms with Gasteiger partial charge in [0.05, 0.1) is 18.7 Å². The molecule has 0 aromatic heterocycles. The van der Waals surface area contributed by atoms with Crippen LogP contribution in [0.15, 0.2) is 30.3 Å². The Morgan fingerprint density at radius 1 is 0.968 bits per heavy atom. The summed E-state index contributed by atoms with van der Waals surface area (Å²) in [5.74, 6) is -0.422. The van der Waals surface area contributed by atoms with E-state index in [1.165, 1.54) is 0 Å². The summed E-state index contributed by atoms with van der Waals surface area (Å²) in [4.78, 5) is 38.7. The van der Waals surface area contributed by atoms with Gasteiger partial charge in [-0.1, -0.05) is 58.0 Å². The minimum Gasteiger partial charge on any atom is -0.361 e. The van der Waals surface area contributed by atoms with Crippen LogP contribution in [-0.2, 0) is 25.5 Å². The molecule has 7 heteroatoms. The average molecular weight is 432 g/mol. The Hall–Kier alpha value is -2.25. The molecule has 1 fully saturated rings. The zero-order valence-electron chi connectivity index (χ0n) is 19.3. The van der Waals surface area contributed by atoms with Gasteiger partial charge in [-0.3, -0.25) is 14.4 Å². The third kappa shape index (κ3) is 7.74. The number of nitrogens with two attached hydrogens (primary N) is 1. The fraction of sp³-hybridized carbons (Fsp3) is 0.625. The third-order valence-corrected chi connectivity index (χ3v) is 5.42. The van der Waals surface area contributed by atoms with Gasteiger partial charge in [-0.25, -0.2) is 0 Å². The maximum Gasteiger partial charge on any atom is 0.243 e. The van der Waals surface area contributed by atoms with Crippen molar-refractivity contribution < 1.29 is 19.1 Å². The molecule has 2 amide bonds. The molecule has 0 radical (unpaired) electrons. The van der Waals surface area contributed by atoms with E-state index in [9.17, 15) is 14.4 Å². The first kappa shape index (κ1) is 25.0. The number of benzene rings is 1. The molecule has 0 aliphatic carbocycles. The average Bonchev–Trinajstić information content (AvgIpc) is 3.44. The molecule has 1 aliphatic rings. The topological polar surface area (TPSA) is 114 Å². The summed E-state index contributed by atoms with van der Waals surface area (Å²) in [6.45, 7) is 10.1. The van der Waals surface area contributed by atoms with Crippen LogP contribution in [0.25, 0.3) is 0 Å². The number of nitrogens with one attached hydrogen (secondary N) is 2. The molecule has 7 nitrogen and oxygen atoms in total. The standard InChI is InChI=1S/C24H37N3O4/c1-15(2)11-18(25)22(29)27-20(13-17-9-7-6-8-10-17)23(30)26-19(12-16(3)4)21(28)24(5)14-31-24/h6-10,15-16,18-20H,11-14,25H2,1-5H3,(H,26,30)(H,27,29)/t18-,19-,20-,24+/m0/s1. The molecule has 0 spiro atoms. The summed E-state index contributed by atoms with van der Waals surface area (Å²) in [6.07, 6.45) is 1.33. The van der Waals surface area contributed by atoms with E-state index in [4.69, 9.17) is 10.5 Å².